The normalized spacial score (nSPS) is 13.7. The Hall–Kier alpha value is -1.48. The van der Waals surface area contributed by atoms with Gasteiger partial charge in [0.15, 0.2) is 0 Å². The van der Waals surface area contributed by atoms with Crippen molar-refractivity contribution in [2.75, 3.05) is 5.32 Å². The van der Waals surface area contributed by atoms with E-state index in [1.807, 2.05) is 11.6 Å². The zero-order chi connectivity index (χ0) is 12.5. The minimum absolute atomic E-state index is 0.667. The fraction of sp³-hybridized carbons (Fsp3) is 0.357. The molecule has 2 aromatic rings. The van der Waals surface area contributed by atoms with Crippen LogP contribution in [0.25, 0.3) is 0 Å². The molecule has 0 atom stereocenters. The minimum atomic E-state index is 0.667. The molecule has 0 unspecified atom stereocenters. The quantitative estimate of drug-likeness (QED) is 0.920. The Morgan fingerprint density at radius 3 is 2.94 bits per heavy atom. The molecule has 94 valence electrons. The third kappa shape index (κ3) is 2.10. The lowest BCUT2D eigenvalue weighted by molar-refractivity contribution is 0.813. The highest BCUT2D eigenvalue weighted by Gasteiger charge is 2.11. The van der Waals surface area contributed by atoms with Crippen LogP contribution in [0.2, 0.25) is 5.15 Å². The van der Waals surface area contributed by atoms with Gasteiger partial charge in [-0.3, -0.25) is 0 Å². The summed E-state index contributed by atoms with van der Waals surface area (Å²) in [4.78, 5) is 4.27. The number of aryl methyl sites for hydroxylation is 2. The monoisotopic (exact) mass is 261 g/mol. The number of aromatic nitrogens is 2. The van der Waals surface area contributed by atoms with Crippen LogP contribution in [0.1, 0.15) is 23.4 Å². The average molecular weight is 262 g/mol. The van der Waals surface area contributed by atoms with Crippen molar-refractivity contribution < 1.29 is 0 Å². The van der Waals surface area contributed by atoms with Crippen molar-refractivity contribution in [3.8, 4) is 0 Å². The second-order valence-corrected chi connectivity index (χ2v) is 5.13. The summed E-state index contributed by atoms with van der Waals surface area (Å²) >= 11 is 5.96. The van der Waals surface area contributed by atoms with Crippen molar-refractivity contribution >= 4 is 17.3 Å². The predicted molar refractivity (Wildman–Crippen MR) is 74.0 cm³/mol. The van der Waals surface area contributed by atoms with E-state index in [1.54, 1.807) is 6.20 Å². The van der Waals surface area contributed by atoms with Crippen LogP contribution in [0.5, 0.6) is 0 Å². The third-order valence-electron chi connectivity index (χ3n) is 3.58. The fourth-order valence-corrected chi connectivity index (χ4v) is 2.60. The van der Waals surface area contributed by atoms with E-state index >= 15 is 0 Å². The summed E-state index contributed by atoms with van der Waals surface area (Å²) in [6.07, 6.45) is 5.40. The molecule has 0 bridgehead atoms. The molecule has 1 aliphatic carbocycles. The molecular weight excluding hydrogens is 246 g/mol. The van der Waals surface area contributed by atoms with Gasteiger partial charge in [0.1, 0.15) is 11.0 Å². The molecule has 0 radical (unpaired) electrons. The van der Waals surface area contributed by atoms with Crippen molar-refractivity contribution in [2.45, 2.75) is 25.8 Å². The smallest absolute Gasteiger partial charge is 0.128 e. The van der Waals surface area contributed by atoms with E-state index < -0.39 is 0 Å². The maximum Gasteiger partial charge on any atom is 0.128 e. The Labute approximate surface area is 112 Å². The molecule has 1 aromatic carbocycles. The van der Waals surface area contributed by atoms with Crippen LogP contribution in [0.4, 0.5) is 5.69 Å². The van der Waals surface area contributed by atoms with E-state index in [9.17, 15) is 0 Å². The maximum absolute atomic E-state index is 5.96. The summed E-state index contributed by atoms with van der Waals surface area (Å²) in [7, 11) is 1.93. The van der Waals surface area contributed by atoms with Crippen molar-refractivity contribution in [1.82, 2.24) is 9.55 Å². The molecule has 0 spiro atoms. The molecule has 18 heavy (non-hydrogen) atoms. The van der Waals surface area contributed by atoms with Crippen LogP contribution in [0.3, 0.4) is 0 Å². The largest absolute Gasteiger partial charge is 0.378 e. The van der Waals surface area contributed by atoms with Gasteiger partial charge in [-0.15, -0.1) is 0 Å². The molecule has 1 aliphatic rings. The standard InChI is InChI=1S/C14H16ClN3/c1-18-13(15)8-17-14(18)9-16-12-6-5-10-3-2-4-11(10)7-12/h5-8,16H,2-4,9H2,1H3. The number of anilines is 1. The summed E-state index contributed by atoms with van der Waals surface area (Å²) in [5.41, 5.74) is 4.15. The Morgan fingerprint density at radius 1 is 1.33 bits per heavy atom. The summed E-state index contributed by atoms with van der Waals surface area (Å²) in [5.74, 6) is 0.945. The summed E-state index contributed by atoms with van der Waals surface area (Å²) in [6, 6.07) is 6.64. The van der Waals surface area contributed by atoms with Crippen LogP contribution in [-0.2, 0) is 26.4 Å². The number of rotatable bonds is 3. The highest BCUT2D eigenvalue weighted by atomic mass is 35.5. The lowest BCUT2D eigenvalue weighted by Crippen LogP contribution is -2.06. The number of nitrogens with one attached hydrogen (secondary N) is 1. The van der Waals surface area contributed by atoms with Crippen molar-refractivity contribution in [1.29, 1.82) is 0 Å². The highest BCUT2D eigenvalue weighted by molar-refractivity contribution is 6.29. The SMILES string of the molecule is Cn1c(Cl)cnc1CNc1ccc2c(c1)CCC2. The number of imidazole rings is 1. The van der Waals surface area contributed by atoms with Crippen LogP contribution in [-0.4, -0.2) is 9.55 Å². The van der Waals surface area contributed by atoms with Gasteiger partial charge >= 0.3 is 0 Å². The first-order valence-electron chi connectivity index (χ1n) is 6.26. The van der Waals surface area contributed by atoms with E-state index in [-0.39, 0.29) is 0 Å². The number of nitrogens with zero attached hydrogens (tertiary/aromatic N) is 2. The van der Waals surface area contributed by atoms with Gasteiger partial charge in [0.05, 0.1) is 12.7 Å². The van der Waals surface area contributed by atoms with Crippen molar-refractivity contribution in [2.24, 2.45) is 7.05 Å². The van der Waals surface area contributed by atoms with Gasteiger partial charge in [0.2, 0.25) is 0 Å². The number of hydrogen-bond donors (Lipinski definition) is 1. The Kier molecular flexibility index (Phi) is 3.00. The molecule has 1 N–H and O–H groups in total. The van der Waals surface area contributed by atoms with E-state index in [0.717, 1.165) is 11.5 Å². The van der Waals surface area contributed by atoms with Gasteiger partial charge in [-0.25, -0.2) is 4.98 Å². The van der Waals surface area contributed by atoms with Crippen molar-refractivity contribution in [3.05, 3.63) is 46.5 Å². The molecule has 0 fully saturated rings. The van der Waals surface area contributed by atoms with Gasteiger partial charge < -0.3 is 9.88 Å². The van der Waals surface area contributed by atoms with Crippen LogP contribution in [0.15, 0.2) is 24.4 Å². The van der Waals surface area contributed by atoms with Gasteiger partial charge in [-0.1, -0.05) is 17.7 Å². The Morgan fingerprint density at radius 2 is 2.17 bits per heavy atom. The van der Waals surface area contributed by atoms with Crippen LogP contribution < -0.4 is 5.32 Å². The number of fused-ring (bicyclic) bond motifs is 1. The molecule has 3 rings (SSSR count). The summed E-state index contributed by atoms with van der Waals surface area (Å²) in [6.45, 7) is 0.696. The Balaban J connectivity index is 1.72. The zero-order valence-corrected chi connectivity index (χ0v) is 11.2. The third-order valence-corrected chi connectivity index (χ3v) is 3.93. The lowest BCUT2D eigenvalue weighted by Gasteiger charge is -2.08. The number of benzene rings is 1. The van der Waals surface area contributed by atoms with E-state index in [0.29, 0.717) is 11.7 Å². The molecule has 1 heterocycles. The van der Waals surface area contributed by atoms with Crippen LogP contribution >= 0.6 is 11.6 Å². The maximum atomic E-state index is 5.96. The lowest BCUT2D eigenvalue weighted by atomic mass is 10.1. The topological polar surface area (TPSA) is 29.9 Å². The predicted octanol–water partition coefficient (Wildman–Crippen LogP) is 3.17. The Bertz CT molecular complexity index is 574. The first-order valence-corrected chi connectivity index (χ1v) is 6.63. The second kappa shape index (κ2) is 4.65. The summed E-state index contributed by atoms with van der Waals surface area (Å²) < 4.78 is 1.89. The number of halogens is 1. The van der Waals surface area contributed by atoms with Gasteiger partial charge in [0.25, 0.3) is 0 Å². The van der Waals surface area contributed by atoms with E-state index in [4.69, 9.17) is 11.6 Å². The molecule has 0 amide bonds. The highest BCUT2D eigenvalue weighted by Crippen LogP contribution is 2.25. The minimum Gasteiger partial charge on any atom is -0.378 e. The summed E-state index contributed by atoms with van der Waals surface area (Å²) in [5, 5.41) is 4.07. The van der Waals surface area contributed by atoms with Crippen LogP contribution in [0, 0.1) is 0 Å². The molecule has 1 aromatic heterocycles. The molecule has 0 saturated heterocycles. The first-order chi connectivity index (χ1) is 8.74. The molecular formula is C14H16ClN3. The van der Waals surface area contributed by atoms with Gasteiger partial charge in [-0.2, -0.15) is 0 Å². The average Bonchev–Trinajstić information content (AvgIpc) is 2.96. The first kappa shape index (κ1) is 11.6. The van der Waals surface area contributed by atoms with Gasteiger partial charge in [0, 0.05) is 12.7 Å². The van der Waals surface area contributed by atoms with E-state index in [2.05, 4.69) is 28.5 Å². The molecule has 0 aliphatic heterocycles. The zero-order valence-electron chi connectivity index (χ0n) is 10.4. The van der Waals surface area contributed by atoms with Crippen molar-refractivity contribution in [3.63, 3.8) is 0 Å². The molecule has 0 saturated carbocycles. The number of hydrogen-bond acceptors (Lipinski definition) is 2. The van der Waals surface area contributed by atoms with E-state index in [1.165, 1.54) is 30.4 Å². The molecule has 3 nitrogen and oxygen atoms in total. The second-order valence-electron chi connectivity index (χ2n) is 4.75. The molecule has 4 heteroatoms. The van der Waals surface area contributed by atoms with Gasteiger partial charge in [-0.05, 0) is 42.5 Å². The fourth-order valence-electron chi connectivity index (χ4n) is 2.45.